The summed E-state index contributed by atoms with van der Waals surface area (Å²) in [5.41, 5.74) is 14.5. The van der Waals surface area contributed by atoms with Gasteiger partial charge >= 0.3 is 0 Å². The molecule has 1 aliphatic carbocycles. The maximum Gasteiger partial charge on any atom is 0.174 e. The lowest BCUT2D eigenvalue weighted by atomic mass is 10.00. The van der Waals surface area contributed by atoms with Crippen LogP contribution in [0.25, 0.3) is 44.1 Å². The Bertz CT molecular complexity index is 3560. The molecule has 0 aliphatic heterocycles. The largest absolute Gasteiger partial charge is 0.389 e. The van der Waals surface area contributed by atoms with Crippen molar-refractivity contribution in [3.8, 4) is 11.1 Å². The van der Waals surface area contributed by atoms with E-state index in [2.05, 4.69) is 212 Å². The van der Waals surface area contributed by atoms with E-state index in [-0.39, 0.29) is 0 Å². The summed E-state index contributed by atoms with van der Waals surface area (Å²) in [4.78, 5) is 8.16. The number of aliphatic hydroxyl groups excluding tert-OH is 2. The predicted molar refractivity (Wildman–Crippen MR) is 324 cm³/mol. The number of hydrogen-bond acceptors (Lipinski definition) is 8. The second-order valence-electron chi connectivity index (χ2n) is 18.3. The number of hydrogen-bond donors (Lipinski definition) is 3. The lowest BCUT2D eigenvalue weighted by Crippen LogP contribution is -2.19. The first-order chi connectivity index (χ1) is 36.6. The molecule has 0 fully saturated rings. The standard InChI is InChI=1S/C65H59N3O3S2.C2H6/c1-6-16-48-20-14-23-60(58(48)8-3)67(55-31-25-45(26-32-55)43(4)69)64-42-52-40-57(37-38-62(52)73-64)66(54-33-27-47(28-34-54)46-17-10-9-11-18-46)53(7-2)39-51-41-63(72-44(51)5)68(56-35-29-50(30-36-56)65(70)71)61-24-15-21-49-19-12-13-22-59(49)61;1-2/h6-7,9-29,31-35,37-43,65,69-71H,2,8,30,36H2,1,3-5H3;1-2H3/b16-6-,53-39+;. The van der Waals surface area contributed by atoms with Crippen molar-refractivity contribution >= 4 is 94.1 Å². The molecule has 3 N–H and O–H groups in total. The first-order valence-electron chi connectivity index (χ1n) is 25.9. The van der Waals surface area contributed by atoms with Crippen LogP contribution in [0.4, 0.5) is 38.4 Å². The lowest BCUT2D eigenvalue weighted by Gasteiger charge is -2.29. The van der Waals surface area contributed by atoms with E-state index in [1.165, 1.54) is 11.1 Å². The monoisotopic (exact) mass is 1020 g/mol. The fraction of sp³-hybridized carbons (Fsp3) is 0.164. The quantitative estimate of drug-likeness (QED) is 0.0662. The Hall–Kier alpha value is -7.56. The molecule has 1 unspecified atom stereocenters. The Kier molecular flexibility index (Phi) is 16.6. The molecule has 0 bridgehead atoms. The van der Waals surface area contributed by atoms with E-state index in [9.17, 15) is 15.3 Å². The molecule has 7 aromatic carbocycles. The average molecular weight is 1020 g/mol. The number of anilines is 7. The molecule has 8 heteroatoms. The molecule has 10 rings (SSSR count). The minimum absolute atomic E-state index is 0.551. The summed E-state index contributed by atoms with van der Waals surface area (Å²) in [6.07, 6.45) is 12.4. The van der Waals surface area contributed by atoms with Crippen LogP contribution in [-0.2, 0) is 6.42 Å². The van der Waals surface area contributed by atoms with Crippen LogP contribution >= 0.6 is 22.7 Å². The molecule has 0 radical (unpaired) electrons. The van der Waals surface area contributed by atoms with Gasteiger partial charge in [0.25, 0.3) is 0 Å². The molecule has 0 saturated carbocycles. The van der Waals surface area contributed by atoms with Gasteiger partial charge in [0.05, 0.1) is 17.5 Å². The van der Waals surface area contributed by atoms with Gasteiger partial charge in [0.1, 0.15) is 10.0 Å². The van der Waals surface area contributed by atoms with Gasteiger partial charge < -0.3 is 30.0 Å². The Balaban J connectivity index is 0.00000340. The molecule has 0 saturated heterocycles. The highest BCUT2D eigenvalue weighted by Crippen LogP contribution is 2.47. The highest BCUT2D eigenvalue weighted by atomic mass is 32.1. The molecule has 9 aromatic rings. The van der Waals surface area contributed by atoms with E-state index in [0.29, 0.717) is 18.4 Å². The lowest BCUT2D eigenvalue weighted by molar-refractivity contribution is -0.0104. The molecule has 1 aliphatic rings. The summed E-state index contributed by atoms with van der Waals surface area (Å²) in [7, 11) is 0. The van der Waals surface area contributed by atoms with Crippen LogP contribution in [0.3, 0.4) is 0 Å². The van der Waals surface area contributed by atoms with Crippen LogP contribution in [0.5, 0.6) is 0 Å². The highest BCUT2D eigenvalue weighted by molar-refractivity contribution is 7.23. The summed E-state index contributed by atoms with van der Waals surface area (Å²) in [5, 5.41) is 36.1. The third kappa shape index (κ3) is 11.1. The summed E-state index contributed by atoms with van der Waals surface area (Å²) < 4.78 is 1.16. The van der Waals surface area contributed by atoms with Gasteiger partial charge in [-0.15, -0.1) is 22.7 Å². The van der Waals surface area contributed by atoms with Crippen molar-refractivity contribution in [2.45, 2.75) is 73.2 Å². The zero-order valence-electron chi connectivity index (χ0n) is 43.6. The normalized spacial score (nSPS) is 13.1. The SMILES string of the molecule is C=C/C(=C\c1cc(N(C2=CC=C(C(O)O)CC2)c2cccc3ccccc23)sc1C)N(c1ccc(-c2ccccc2)cc1)c1ccc2sc(N(c3ccc(C(C)O)cc3)c3cccc(/C=C\C)c3CC)cc2c1.CC. The molecule has 6 nitrogen and oxygen atoms in total. The summed E-state index contributed by atoms with van der Waals surface area (Å²) >= 11 is 3.51. The third-order valence-corrected chi connectivity index (χ3v) is 15.8. The van der Waals surface area contributed by atoms with Gasteiger partial charge in [0.15, 0.2) is 6.29 Å². The number of fused-ring (bicyclic) bond motifs is 2. The first kappa shape index (κ1) is 52.3. The second-order valence-corrected chi connectivity index (χ2v) is 20.6. The smallest absolute Gasteiger partial charge is 0.174 e. The second kappa shape index (κ2) is 23.8. The van der Waals surface area contributed by atoms with E-state index < -0.39 is 12.4 Å². The maximum atomic E-state index is 10.4. The van der Waals surface area contributed by atoms with Crippen LogP contribution in [-0.4, -0.2) is 21.6 Å². The molecule has 2 aromatic heterocycles. The fourth-order valence-electron chi connectivity index (χ4n) is 9.93. The van der Waals surface area contributed by atoms with Gasteiger partial charge in [-0.25, -0.2) is 0 Å². The minimum Gasteiger partial charge on any atom is -0.389 e. The van der Waals surface area contributed by atoms with E-state index >= 15 is 0 Å². The molecular weight excluding hydrogens is 959 g/mol. The summed E-state index contributed by atoms with van der Waals surface area (Å²) in [6.45, 7) is 16.7. The molecule has 378 valence electrons. The summed E-state index contributed by atoms with van der Waals surface area (Å²) in [5.74, 6) is 0. The van der Waals surface area contributed by atoms with Crippen molar-refractivity contribution in [1.82, 2.24) is 0 Å². The van der Waals surface area contributed by atoms with Crippen molar-refractivity contribution in [2.75, 3.05) is 14.7 Å². The van der Waals surface area contributed by atoms with Gasteiger partial charge in [0.2, 0.25) is 0 Å². The van der Waals surface area contributed by atoms with Crippen LogP contribution in [0.1, 0.15) is 80.7 Å². The number of benzene rings is 7. The van der Waals surface area contributed by atoms with Crippen molar-refractivity contribution < 1.29 is 15.3 Å². The van der Waals surface area contributed by atoms with E-state index in [4.69, 9.17) is 0 Å². The minimum atomic E-state index is -1.48. The van der Waals surface area contributed by atoms with E-state index in [1.807, 2.05) is 50.3 Å². The molecule has 0 amide bonds. The molecule has 0 spiro atoms. The van der Waals surface area contributed by atoms with Crippen LogP contribution < -0.4 is 14.7 Å². The van der Waals surface area contributed by atoms with Gasteiger partial charge in [-0.2, -0.15) is 0 Å². The number of aryl methyl sites for hydroxylation is 1. The van der Waals surface area contributed by atoms with Gasteiger partial charge in [-0.05, 0) is 175 Å². The van der Waals surface area contributed by atoms with Crippen molar-refractivity contribution in [3.63, 3.8) is 0 Å². The number of rotatable bonds is 16. The first-order valence-corrected chi connectivity index (χ1v) is 27.6. The molecular formula is C67H65N3O3S2. The van der Waals surface area contributed by atoms with Crippen molar-refractivity contribution in [1.29, 1.82) is 0 Å². The van der Waals surface area contributed by atoms with E-state index in [0.717, 1.165) is 104 Å². The van der Waals surface area contributed by atoms with Crippen LogP contribution in [0.15, 0.2) is 218 Å². The fourth-order valence-corrected chi connectivity index (χ4v) is 12.0. The average Bonchev–Trinajstić information content (AvgIpc) is 4.04. The van der Waals surface area contributed by atoms with E-state index in [1.54, 1.807) is 29.6 Å². The molecule has 1 atom stereocenters. The third-order valence-electron chi connectivity index (χ3n) is 13.7. The Morgan fingerprint density at radius 3 is 2.00 bits per heavy atom. The number of thiophene rings is 2. The maximum absolute atomic E-state index is 10.4. The zero-order valence-corrected chi connectivity index (χ0v) is 45.2. The predicted octanol–water partition coefficient (Wildman–Crippen LogP) is 18.7. The number of aliphatic hydroxyl groups is 3. The van der Waals surface area contributed by atoms with Gasteiger partial charge in [-0.3, -0.25) is 0 Å². The van der Waals surface area contributed by atoms with Crippen molar-refractivity contribution in [2.24, 2.45) is 0 Å². The van der Waals surface area contributed by atoms with Gasteiger partial charge in [0, 0.05) is 43.4 Å². The Labute approximate surface area is 450 Å². The van der Waals surface area contributed by atoms with Gasteiger partial charge in [-0.1, -0.05) is 149 Å². The number of nitrogens with zero attached hydrogens (tertiary/aromatic N) is 3. The topological polar surface area (TPSA) is 70.4 Å². The molecule has 75 heavy (non-hydrogen) atoms. The highest BCUT2D eigenvalue weighted by Gasteiger charge is 2.25. The Morgan fingerprint density at radius 2 is 1.31 bits per heavy atom. The zero-order chi connectivity index (χ0) is 52.6. The number of allylic oxidation sites excluding steroid dienone is 5. The summed E-state index contributed by atoms with van der Waals surface area (Å²) in [6, 6.07) is 60.3. The Morgan fingerprint density at radius 1 is 0.640 bits per heavy atom. The van der Waals surface area contributed by atoms with Crippen LogP contribution in [0.2, 0.25) is 0 Å². The van der Waals surface area contributed by atoms with Crippen molar-refractivity contribution in [3.05, 3.63) is 245 Å². The molecule has 2 heterocycles. The van der Waals surface area contributed by atoms with Crippen LogP contribution in [0, 0.1) is 6.92 Å².